The molecule has 18 heavy (non-hydrogen) atoms. The highest BCUT2D eigenvalue weighted by Crippen LogP contribution is 2.50. The number of carboxylic acids is 1. The Labute approximate surface area is 107 Å². The molecule has 0 spiro atoms. The molecule has 0 aromatic carbocycles. The standard InChI is InChI=1S/C10H14N2O5S/c1-3(14)5-8(15)12-6(10(16)17)7(4(11)2-13)18-9(5)12/h3-5,9,13-14H,2,11H2,1H3,(H,16,17)/t3?,4-,5+,9-/m1/s1. The van der Waals surface area contributed by atoms with Crippen molar-refractivity contribution in [3.8, 4) is 0 Å². The van der Waals surface area contributed by atoms with E-state index in [-0.39, 0.29) is 10.6 Å². The number of β-lactam (4-membered cyclic amide) rings is 1. The summed E-state index contributed by atoms with van der Waals surface area (Å²) in [7, 11) is 0. The maximum atomic E-state index is 11.8. The number of nitrogens with zero attached hydrogens (tertiary/aromatic N) is 1. The van der Waals surface area contributed by atoms with Crippen molar-refractivity contribution in [2.75, 3.05) is 6.61 Å². The number of carboxylic acid groups (broad SMARTS) is 1. The number of carbonyl (C=O) groups is 2. The van der Waals surface area contributed by atoms with E-state index in [2.05, 4.69) is 0 Å². The second kappa shape index (κ2) is 4.54. The molecular formula is C10H14N2O5S. The van der Waals surface area contributed by atoms with Crippen molar-refractivity contribution in [1.29, 1.82) is 0 Å². The molecule has 2 aliphatic heterocycles. The number of aliphatic carboxylic acids is 1. The Hall–Kier alpha value is -1.09. The second-order valence-electron chi connectivity index (χ2n) is 4.29. The smallest absolute Gasteiger partial charge is 0.353 e. The lowest BCUT2D eigenvalue weighted by Gasteiger charge is -2.43. The van der Waals surface area contributed by atoms with Crippen molar-refractivity contribution in [3.63, 3.8) is 0 Å². The quantitative estimate of drug-likeness (QED) is 0.460. The van der Waals surface area contributed by atoms with Gasteiger partial charge >= 0.3 is 5.97 Å². The minimum Gasteiger partial charge on any atom is -0.477 e. The van der Waals surface area contributed by atoms with Crippen molar-refractivity contribution in [1.82, 2.24) is 4.90 Å². The van der Waals surface area contributed by atoms with Crippen LogP contribution < -0.4 is 5.73 Å². The first-order chi connectivity index (χ1) is 8.40. The predicted octanol–water partition coefficient (Wildman–Crippen LogP) is -1.49. The van der Waals surface area contributed by atoms with E-state index in [1.807, 2.05) is 0 Å². The van der Waals surface area contributed by atoms with E-state index in [1.165, 1.54) is 6.92 Å². The van der Waals surface area contributed by atoms with Crippen molar-refractivity contribution >= 4 is 23.6 Å². The molecule has 1 fully saturated rings. The topological polar surface area (TPSA) is 124 Å². The van der Waals surface area contributed by atoms with Gasteiger partial charge in [0.1, 0.15) is 11.1 Å². The van der Waals surface area contributed by atoms with Crippen LogP contribution in [0.15, 0.2) is 10.6 Å². The predicted molar refractivity (Wildman–Crippen MR) is 63.1 cm³/mol. The lowest BCUT2D eigenvalue weighted by atomic mass is 9.92. The third-order valence-corrected chi connectivity index (χ3v) is 4.56. The van der Waals surface area contributed by atoms with E-state index in [4.69, 9.17) is 15.9 Å². The molecule has 5 N–H and O–H groups in total. The van der Waals surface area contributed by atoms with Crippen LogP contribution in [0.5, 0.6) is 0 Å². The van der Waals surface area contributed by atoms with Gasteiger partial charge in [0.25, 0.3) is 0 Å². The summed E-state index contributed by atoms with van der Waals surface area (Å²) in [6.45, 7) is 1.10. The minimum absolute atomic E-state index is 0.173. The van der Waals surface area contributed by atoms with Gasteiger partial charge in [-0.25, -0.2) is 4.79 Å². The molecule has 8 heteroatoms. The highest BCUT2D eigenvalue weighted by Gasteiger charge is 2.58. The monoisotopic (exact) mass is 274 g/mol. The molecule has 0 saturated carbocycles. The highest BCUT2D eigenvalue weighted by molar-refractivity contribution is 8.04. The Balaban J connectivity index is 2.33. The van der Waals surface area contributed by atoms with Crippen LogP contribution in [-0.4, -0.2) is 56.2 Å². The van der Waals surface area contributed by atoms with Crippen LogP contribution in [0.25, 0.3) is 0 Å². The van der Waals surface area contributed by atoms with Gasteiger partial charge in [-0.2, -0.15) is 0 Å². The minimum atomic E-state index is -1.25. The number of hydrogen-bond acceptors (Lipinski definition) is 6. The van der Waals surface area contributed by atoms with Gasteiger partial charge in [0, 0.05) is 4.91 Å². The molecule has 0 aromatic rings. The van der Waals surface area contributed by atoms with Crippen molar-refractivity contribution < 1.29 is 24.9 Å². The van der Waals surface area contributed by atoms with E-state index in [9.17, 15) is 14.7 Å². The Morgan fingerprint density at radius 2 is 2.22 bits per heavy atom. The molecule has 2 rings (SSSR count). The van der Waals surface area contributed by atoms with Crippen LogP contribution in [0, 0.1) is 5.92 Å². The molecule has 2 heterocycles. The van der Waals surface area contributed by atoms with Crippen LogP contribution in [0.3, 0.4) is 0 Å². The Kier molecular flexibility index (Phi) is 3.37. The number of fused-ring (bicyclic) bond motifs is 1. The largest absolute Gasteiger partial charge is 0.477 e. The summed E-state index contributed by atoms with van der Waals surface area (Å²) < 4.78 is 0. The number of aliphatic hydroxyl groups is 2. The third-order valence-electron chi connectivity index (χ3n) is 3.06. The highest BCUT2D eigenvalue weighted by atomic mass is 32.2. The molecule has 0 radical (unpaired) electrons. The fourth-order valence-corrected chi connectivity index (χ4v) is 3.77. The summed E-state index contributed by atoms with van der Waals surface area (Å²) in [6.07, 6.45) is -0.842. The molecule has 0 aromatic heterocycles. The molecule has 1 unspecified atom stereocenters. The van der Waals surface area contributed by atoms with Crippen molar-refractivity contribution in [2.24, 2.45) is 11.7 Å². The molecule has 2 aliphatic rings. The van der Waals surface area contributed by atoms with Crippen LogP contribution in [-0.2, 0) is 9.59 Å². The van der Waals surface area contributed by atoms with Crippen LogP contribution >= 0.6 is 11.8 Å². The zero-order valence-corrected chi connectivity index (χ0v) is 10.4. The number of amides is 1. The van der Waals surface area contributed by atoms with Gasteiger partial charge in [-0.05, 0) is 6.92 Å². The van der Waals surface area contributed by atoms with Crippen LogP contribution in [0.2, 0.25) is 0 Å². The SMILES string of the molecule is CC(O)[C@H]1C(=O)N2C(C(=O)O)=C([C@H](N)CO)S[C@H]12. The first kappa shape index (κ1) is 13.3. The fraction of sp³-hybridized carbons (Fsp3) is 0.600. The summed E-state index contributed by atoms with van der Waals surface area (Å²) in [5.41, 5.74) is 5.46. The first-order valence-electron chi connectivity index (χ1n) is 5.41. The van der Waals surface area contributed by atoms with Gasteiger partial charge in [-0.1, -0.05) is 11.8 Å². The Bertz CT molecular complexity index is 436. The van der Waals surface area contributed by atoms with Gasteiger partial charge in [0.15, 0.2) is 0 Å². The van der Waals surface area contributed by atoms with E-state index < -0.39 is 41.9 Å². The number of hydrogen-bond donors (Lipinski definition) is 4. The second-order valence-corrected chi connectivity index (χ2v) is 5.45. The molecule has 0 bridgehead atoms. The number of aliphatic hydroxyl groups excluding tert-OH is 2. The van der Waals surface area contributed by atoms with E-state index in [1.54, 1.807) is 0 Å². The molecule has 100 valence electrons. The maximum Gasteiger partial charge on any atom is 0.353 e. The summed E-state index contributed by atoms with van der Waals surface area (Å²) in [5.74, 6) is -2.28. The van der Waals surface area contributed by atoms with Crippen molar-refractivity contribution in [3.05, 3.63) is 10.6 Å². The molecule has 1 amide bonds. The molecule has 1 saturated heterocycles. The summed E-state index contributed by atoms with van der Waals surface area (Å²) in [5, 5.41) is 27.2. The first-order valence-corrected chi connectivity index (χ1v) is 6.29. The summed E-state index contributed by atoms with van der Waals surface area (Å²) in [4.78, 5) is 24.4. The average Bonchev–Trinajstić information content (AvgIpc) is 2.62. The Morgan fingerprint density at radius 3 is 2.67 bits per heavy atom. The number of carbonyl (C=O) groups excluding carboxylic acids is 1. The van der Waals surface area contributed by atoms with Crippen molar-refractivity contribution in [2.45, 2.75) is 24.4 Å². The number of nitrogens with two attached hydrogens (primary N) is 1. The van der Waals surface area contributed by atoms with Crippen LogP contribution in [0.4, 0.5) is 0 Å². The molecule has 7 nitrogen and oxygen atoms in total. The molecular weight excluding hydrogens is 260 g/mol. The van der Waals surface area contributed by atoms with Gasteiger partial charge < -0.3 is 21.1 Å². The van der Waals surface area contributed by atoms with E-state index in [0.717, 1.165) is 16.7 Å². The lowest BCUT2D eigenvalue weighted by molar-refractivity contribution is -0.156. The molecule has 4 atom stereocenters. The molecule has 0 aliphatic carbocycles. The van der Waals surface area contributed by atoms with Gasteiger partial charge in [0.2, 0.25) is 5.91 Å². The summed E-state index contributed by atoms with van der Waals surface area (Å²) in [6, 6.07) is -0.825. The lowest BCUT2D eigenvalue weighted by Crippen LogP contribution is -2.60. The maximum absolute atomic E-state index is 11.8. The number of thioether (sulfide) groups is 1. The average molecular weight is 274 g/mol. The van der Waals surface area contributed by atoms with Crippen LogP contribution in [0.1, 0.15) is 6.92 Å². The summed E-state index contributed by atoms with van der Waals surface area (Å²) >= 11 is 1.13. The normalized spacial score (nSPS) is 30.0. The van der Waals surface area contributed by atoms with Gasteiger partial charge in [-0.3, -0.25) is 9.69 Å². The fourth-order valence-electron chi connectivity index (χ4n) is 2.15. The van der Waals surface area contributed by atoms with Gasteiger partial charge in [-0.15, -0.1) is 0 Å². The number of rotatable bonds is 4. The zero-order valence-electron chi connectivity index (χ0n) is 9.61. The third kappa shape index (κ3) is 1.72. The zero-order chi connectivity index (χ0) is 13.6. The van der Waals surface area contributed by atoms with E-state index >= 15 is 0 Å². The Morgan fingerprint density at radius 1 is 1.61 bits per heavy atom. The van der Waals surface area contributed by atoms with Gasteiger partial charge in [0.05, 0.1) is 24.7 Å². The van der Waals surface area contributed by atoms with E-state index in [0.29, 0.717) is 0 Å².